The van der Waals surface area contributed by atoms with Gasteiger partial charge in [0.05, 0.1) is 0 Å². The lowest BCUT2D eigenvalue weighted by Gasteiger charge is -1.95. The predicted octanol–water partition coefficient (Wildman–Crippen LogP) is 3.50. The van der Waals surface area contributed by atoms with Crippen LogP contribution in [0.4, 0.5) is 0 Å². The summed E-state index contributed by atoms with van der Waals surface area (Å²) in [5, 5.41) is 24.3. The minimum Gasteiger partial charge on any atom is -0.478 e. The molecule has 0 aromatic carbocycles. The number of hydrogen-bond acceptors (Lipinski definition) is 3. The van der Waals surface area contributed by atoms with Crippen LogP contribution in [0, 0.1) is 0 Å². The second kappa shape index (κ2) is 15.0. The Balaban J connectivity index is -0.000000252. The zero-order chi connectivity index (χ0) is 18.3. The smallest absolute Gasteiger partial charge is 0.330 e. The summed E-state index contributed by atoms with van der Waals surface area (Å²) < 4.78 is 0. The van der Waals surface area contributed by atoms with Crippen LogP contribution < -0.4 is 0 Å². The van der Waals surface area contributed by atoms with Crippen molar-refractivity contribution in [3.63, 3.8) is 0 Å². The Bertz CT molecular complexity index is 420. The van der Waals surface area contributed by atoms with E-state index in [1.165, 1.54) is 6.92 Å². The molecule has 0 saturated carbocycles. The first-order valence-corrected chi connectivity index (χ1v) is 6.67. The highest BCUT2D eigenvalue weighted by Gasteiger charge is 2.00. The summed E-state index contributed by atoms with van der Waals surface area (Å²) in [5.41, 5.74) is 0.881. The summed E-state index contributed by atoms with van der Waals surface area (Å²) in [4.78, 5) is 29.6. The van der Waals surface area contributed by atoms with Crippen LogP contribution in [-0.4, -0.2) is 33.2 Å². The maximum atomic E-state index is 10.1. The minimum absolute atomic E-state index is 0.176. The van der Waals surface area contributed by atoms with E-state index >= 15 is 0 Å². The zero-order valence-electron chi connectivity index (χ0n) is 13.7. The maximum absolute atomic E-state index is 10.1. The molecule has 0 aliphatic rings. The van der Waals surface area contributed by atoms with Gasteiger partial charge in [0.2, 0.25) is 0 Å². The molecule has 6 heteroatoms. The minimum atomic E-state index is -0.935. The first kappa shape index (κ1) is 24.6. The first-order chi connectivity index (χ1) is 10.0. The van der Waals surface area contributed by atoms with Gasteiger partial charge in [0, 0.05) is 16.7 Å². The number of rotatable bonds is 6. The molecule has 126 valence electrons. The van der Waals surface area contributed by atoms with Crippen molar-refractivity contribution in [3.05, 3.63) is 36.0 Å². The highest BCUT2D eigenvalue weighted by Crippen LogP contribution is 2.03. The molecule has 0 fully saturated rings. The number of hydrogen-bond donors (Lipinski definition) is 3. The zero-order valence-corrected chi connectivity index (χ0v) is 13.7. The topological polar surface area (TPSA) is 112 Å². The van der Waals surface area contributed by atoms with E-state index in [1.807, 2.05) is 6.92 Å². The number of carbonyl (C=O) groups is 3. The van der Waals surface area contributed by atoms with E-state index < -0.39 is 17.9 Å². The fourth-order valence-electron chi connectivity index (χ4n) is 0.621. The Morgan fingerprint density at radius 2 is 1.36 bits per heavy atom. The molecular formula is C16H26O6. The molecule has 0 aliphatic heterocycles. The Morgan fingerprint density at radius 1 is 0.955 bits per heavy atom. The Morgan fingerprint density at radius 3 is 1.50 bits per heavy atom. The molecule has 0 aromatic heterocycles. The largest absolute Gasteiger partial charge is 0.478 e. The van der Waals surface area contributed by atoms with Gasteiger partial charge in [-0.15, -0.1) is 0 Å². The normalized spacial score (nSPS) is 9.36. The van der Waals surface area contributed by atoms with Crippen molar-refractivity contribution in [3.8, 4) is 0 Å². The monoisotopic (exact) mass is 314 g/mol. The fraction of sp³-hybridized carbons (Fsp3) is 0.438. The molecule has 0 rings (SSSR count). The molecule has 0 radical (unpaired) electrons. The van der Waals surface area contributed by atoms with Gasteiger partial charge in [0.25, 0.3) is 0 Å². The van der Waals surface area contributed by atoms with E-state index in [2.05, 4.69) is 13.2 Å². The lowest BCUT2D eigenvalue weighted by atomic mass is 10.1. The standard InChI is InChI=1S/C7H12O2.C5H8O2.C4H6O2/c1-3-4-5-6(2)7(8)9;1-3-4(2)5(6)7;1-3(2)4(5)6/h2-5H2,1H3,(H,8,9);3H,1-2H3,(H,6,7);1H2,2H3,(H,5,6). The first-order valence-electron chi connectivity index (χ1n) is 6.67. The van der Waals surface area contributed by atoms with Crippen molar-refractivity contribution in [2.24, 2.45) is 0 Å². The molecule has 0 bridgehead atoms. The Hall–Kier alpha value is -2.37. The van der Waals surface area contributed by atoms with E-state index in [4.69, 9.17) is 15.3 Å². The van der Waals surface area contributed by atoms with E-state index in [9.17, 15) is 14.4 Å². The molecule has 0 amide bonds. The van der Waals surface area contributed by atoms with Gasteiger partial charge in [-0.2, -0.15) is 0 Å². The van der Waals surface area contributed by atoms with Crippen LogP contribution in [0.15, 0.2) is 36.0 Å². The second-order valence-corrected chi connectivity index (χ2v) is 4.37. The summed E-state index contributed by atoms with van der Waals surface area (Å²) in [6.45, 7) is 13.3. The van der Waals surface area contributed by atoms with Gasteiger partial charge >= 0.3 is 17.9 Å². The summed E-state index contributed by atoms with van der Waals surface area (Å²) in [6.07, 6.45) is 4.12. The van der Waals surface area contributed by atoms with Crippen LogP contribution in [0.25, 0.3) is 0 Å². The van der Waals surface area contributed by atoms with Crippen molar-refractivity contribution < 1.29 is 29.7 Å². The van der Waals surface area contributed by atoms with Crippen LogP contribution in [0.5, 0.6) is 0 Å². The van der Waals surface area contributed by atoms with Crippen molar-refractivity contribution in [1.82, 2.24) is 0 Å². The third-order valence-corrected chi connectivity index (χ3v) is 2.27. The molecular weight excluding hydrogens is 288 g/mol. The summed E-state index contributed by atoms with van der Waals surface area (Å²) in [6, 6.07) is 0. The predicted molar refractivity (Wildman–Crippen MR) is 85.8 cm³/mol. The second-order valence-electron chi connectivity index (χ2n) is 4.37. The van der Waals surface area contributed by atoms with Crippen molar-refractivity contribution in [2.75, 3.05) is 0 Å². The molecule has 0 spiro atoms. The van der Waals surface area contributed by atoms with Crippen molar-refractivity contribution in [2.45, 2.75) is 47.0 Å². The van der Waals surface area contributed by atoms with E-state index in [0.717, 1.165) is 12.8 Å². The molecule has 0 aromatic rings. The van der Waals surface area contributed by atoms with Crippen LogP contribution in [0.1, 0.15) is 47.0 Å². The molecule has 0 aliphatic carbocycles. The number of carboxylic acid groups (broad SMARTS) is 3. The van der Waals surface area contributed by atoms with Gasteiger partial charge in [-0.25, -0.2) is 14.4 Å². The number of carboxylic acids is 3. The van der Waals surface area contributed by atoms with Crippen LogP contribution in [-0.2, 0) is 14.4 Å². The van der Waals surface area contributed by atoms with Gasteiger partial charge in [0.15, 0.2) is 0 Å². The van der Waals surface area contributed by atoms with Crippen LogP contribution >= 0.6 is 0 Å². The summed E-state index contributed by atoms with van der Waals surface area (Å²) in [5.74, 6) is -2.65. The average molecular weight is 314 g/mol. The Kier molecular flexibility index (Phi) is 16.8. The third-order valence-electron chi connectivity index (χ3n) is 2.27. The summed E-state index contributed by atoms with van der Waals surface area (Å²) in [7, 11) is 0. The quantitative estimate of drug-likeness (QED) is 0.647. The van der Waals surface area contributed by atoms with Gasteiger partial charge in [-0.05, 0) is 33.6 Å². The highest BCUT2D eigenvalue weighted by atomic mass is 16.4. The molecule has 0 atom stereocenters. The van der Waals surface area contributed by atoms with Gasteiger partial charge < -0.3 is 15.3 Å². The molecule has 6 nitrogen and oxygen atoms in total. The van der Waals surface area contributed by atoms with Gasteiger partial charge in [-0.3, -0.25) is 0 Å². The SMILES string of the molecule is C=C(C)C(=O)O.C=C(CCCC)C(=O)O.CC=C(C)C(=O)O. The van der Waals surface area contributed by atoms with E-state index in [-0.39, 0.29) is 5.57 Å². The highest BCUT2D eigenvalue weighted by molar-refractivity contribution is 5.86. The van der Waals surface area contributed by atoms with Crippen molar-refractivity contribution >= 4 is 17.9 Å². The molecule has 0 saturated heterocycles. The van der Waals surface area contributed by atoms with Gasteiger partial charge in [0.1, 0.15) is 0 Å². The lowest BCUT2D eigenvalue weighted by molar-refractivity contribution is -0.133. The van der Waals surface area contributed by atoms with Crippen LogP contribution in [0.2, 0.25) is 0 Å². The summed E-state index contributed by atoms with van der Waals surface area (Å²) >= 11 is 0. The van der Waals surface area contributed by atoms with Crippen molar-refractivity contribution in [1.29, 1.82) is 0 Å². The lowest BCUT2D eigenvalue weighted by Crippen LogP contribution is -1.97. The number of unbranched alkanes of at least 4 members (excludes halogenated alkanes) is 1. The average Bonchev–Trinajstić information content (AvgIpc) is 2.44. The Labute approximate surface area is 131 Å². The molecule has 3 N–H and O–H groups in total. The van der Waals surface area contributed by atoms with Gasteiger partial charge in [-0.1, -0.05) is 32.6 Å². The number of allylic oxidation sites excluding steroid dienone is 1. The molecule has 22 heavy (non-hydrogen) atoms. The fourth-order valence-corrected chi connectivity index (χ4v) is 0.621. The maximum Gasteiger partial charge on any atom is 0.330 e. The third kappa shape index (κ3) is 20.0. The number of aliphatic carboxylic acids is 3. The van der Waals surface area contributed by atoms with E-state index in [0.29, 0.717) is 17.6 Å². The van der Waals surface area contributed by atoms with E-state index in [1.54, 1.807) is 19.9 Å². The molecule has 0 heterocycles. The van der Waals surface area contributed by atoms with Crippen LogP contribution in [0.3, 0.4) is 0 Å². The molecule has 0 unspecified atom stereocenters.